The third kappa shape index (κ3) is 5.28. The van der Waals surface area contributed by atoms with Gasteiger partial charge in [0, 0.05) is 12.7 Å². The van der Waals surface area contributed by atoms with E-state index in [1.165, 1.54) is 57.3 Å². The van der Waals surface area contributed by atoms with Crippen molar-refractivity contribution in [2.24, 2.45) is 5.92 Å². The van der Waals surface area contributed by atoms with Crippen LogP contribution in [0.5, 0.6) is 0 Å². The number of rotatable bonds is 5. The Bertz CT molecular complexity index is 1040. The number of pyridine rings is 1. The van der Waals surface area contributed by atoms with Crippen molar-refractivity contribution in [1.29, 1.82) is 0 Å². The number of alkyl halides is 5. The van der Waals surface area contributed by atoms with Crippen LogP contribution in [0.3, 0.4) is 0 Å². The first-order valence-corrected chi connectivity index (χ1v) is 10.5. The molecule has 1 N–H and O–H groups in total. The van der Waals surface area contributed by atoms with Crippen LogP contribution in [0, 0.1) is 5.92 Å². The van der Waals surface area contributed by atoms with E-state index < -0.39 is 41.7 Å². The van der Waals surface area contributed by atoms with Gasteiger partial charge in [0.25, 0.3) is 0 Å². The van der Waals surface area contributed by atoms with Gasteiger partial charge in [-0.15, -0.1) is 0 Å². The lowest BCUT2D eigenvalue weighted by Gasteiger charge is -2.36. The van der Waals surface area contributed by atoms with Crippen LogP contribution in [0.15, 0.2) is 48.7 Å². The highest BCUT2D eigenvalue weighted by Gasteiger charge is 2.67. The normalized spacial score (nSPS) is 15.9. The molecular weight excluding hydrogens is 461 g/mol. The van der Waals surface area contributed by atoms with Crippen LogP contribution >= 0.6 is 0 Å². The van der Waals surface area contributed by atoms with Gasteiger partial charge in [-0.2, -0.15) is 22.0 Å². The number of ether oxygens (including phenoxy) is 1. The van der Waals surface area contributed by atoms with Gasteiger partial charge >= 0.3 is 18.2 Å². The van der Waals surface area contributed by atoms with Crippen LogP contribution in [-0.4, -0.2) is 41.2 Å². The number of amides is 2. The summed E-state index contributed by atoms with van der Waals surface area (Å²) in [6.07, 6.45) is -5.75. The molecule has 0 saturated carbocycles. The molecule has 2 atom stereocenters. The van der Waals surface area contributed by atoms with E-state index >= 15 is 8.78 Å². The van der Waals surface area contributed by atoms with Crippen LogP contribution < -0.4 is 10.2 Å². The lowest BCUT2D eigenvalue weighted by molar-refractivity contribution is -0.301. The number of nitrogens with one attached hydrogen (secondary N) is 1. The predicted molar refractivity (Wildman–Crippen MR) is 113 cm³/mol. The number of aromatic nitrogens is 1. The van der Waals surface area contributed by atoms with Gasteiger partial charge in [-0.25, -0.2) is 9.78 Å². The molecule has 2 heterocycles. The van der Waals surface area contributed by atoms with E-state index in [9.17, 15) is 22.8 Å². The number of fused-ring (bicyclic) bond motifs is 1. The molecule has 0 radical (unpaired) electrons. The standard InChI is InChI=1S/C23H24F5N3O3/c1-21(2,3)34-20(33)30-17(14-8-5-4-6-9-14)16(22(24,25)23(26,27)28)19(32)31-13-11-15-10-7-12-29-18(15)31/h4-10,12,16-17H,11,13H2,1-3H3,(H,30,33). The van der Waals surface area contributed by atoms with E-state index in [1.54, 1.807) is 12.1 Å². The highest BCUT2D eigenvalue weighted by Crippen LogP contribution is 2.47. The van der Waals surface area contributed by atoms with Gasteiger partial charge in [0.1, 0.15) is 17.3 Å². The zero-order valence-corrected chi connectivity index (χ0v) is 18.7. The maximum atomic E-state index is 15.0. The maximum absolute atomic E-state index is 15.0. The van der Waals surface area contributed by atoms with Crippen molar-refractivity contribution >= 4 is 17.8 Å². The second-order valence-corrected chi connectivity index (χ2v) is 8.86. The molecule has 184 valence electrons. The zero-order chi connectivity index (χ0) is 25.3. The third-order valence-electron chi connectivity index (χ3n) is 5.19. The first kappa shape index (κ1) is 25.4. The summed E-state index contributed by atoms with van der Waals surface area (Å²) in [4.78, 5) is 30.7. The Kier molecular flexibility index (Phi) is 6.86. The van der Waals surface area contributed by atoms with E-state index in [1.807, 2.05) is 0 Å². The molecule has 2 amide bonds. The molecule has 0 bridgehead atoms. The van der Waals surface area contributed by atoms with Gasteiger partial charge in [-0.1, -0.05) is 36.4 Å². The molecule has 0 fully saturated rings. The first-order valence-electron chi connectivity index (χ1n) is 10.5. The van der Waals surface area contributed by atoms with Gasteiger partial charge in [0.05, 0.1) is 6.04 Å². The molecule has 1 aromatic heterocycles. The second-order valence-electron chi connectivity index (χ2n) is 8.86. The van der Waals surface area contributed by atoms with E-state index in [0.717, 1.165) is 4.90 Å². The Morgan fingerprint density at radius 3 is 2.26 bits per heavy atom. The van der Waals surface area contributed by atoms with Crippen LogP contribution in [-0.2, 0) is 16.0 Å². The van der Waals surface area contributed by atoms with Crippen LogP contribution in [0.25, 0.3) is 0 Å². The Balaban J connectivity index is 2.11. The van der Waals surface area contributed by atoms with E-state index in [4.69, 9.17) is 4.74 Å². The summed E-state index contributed by atoms with van der Waals surface area (Å²) in [5.74, 6) is -10.0. The lowest BCUT2D eigenvalue weighted by atomic mass is 9.86. The molecule has 0 spiro atoms. The summed E-state index contributed by atoms with van der Waals surface area (Å²) >= 11 is 0. The highest BCUT2D eigenvalue weighted by atomic mass is 19.4. The number of hydrogen-bond acceptors (Lipinski definition) is 4. The van der Waals surface area contributed by atoms with Crippen LogP contribution in [0.1, 0.15) is 37.9 Å². The molecule has 3 rings (SSSR count). The minimum atomic E-state index is -6.07. The molecule has 1 aromatic carbocycles. The quantitative estimate of drug-likeness (QED) is 0.602. The van der Waals surface area contributed by atoms with Crippen molar-refractivity contribution in [2.45, 2.75) is 50.9 Å². The summed E-state index contributed by atoms with van der Waals surface area (Å²) in [6, 6.07) is 7.97. The molecule has 6 nitrogen and oxygen atoms in total. The summed E-state index contributed by atoms with van der Waals surface area (Å²) < 4.78 is 76.0. The molecule has 11 heteroatoms. The van der Waals surface area contributed by atoms with Gasteiger partial charge in [0.15, 0.2) is 0 Å². The van der Waals surface area contributed by atoms with Crippen molar-refractivity contribution < 1.29 is 36.3 Å². The Labute approximate surface area is 193 Å². The largest absolute Gasteiger partial charge is 0.454 e. The van der Waals surface area contributed by atoms with Crippen molar-refractivity contribution in [2.75, 3.05) is 11.4 Å². The SMILES string of the molecule is CC(C)(C)OC(=O)NC(c1ccccc1)C(C(=O)N1CCc2cccnc21)C(F)(F)C(F)(F)F. The minimum Gasteiger partial charge on any atom is -0.444 e. The Hall–Kier alpha value is -3.24. The summed E-state index contributed by atoms with van der Waals surface area (Å²) in [7, 11) is 0. The highest BCUT2D eigenvalue weighted by molar-refractivity contribution is 5.97. The minimum absolute atomic E-state index is 0.0135. The number of anilines is 1. The average molecular weight is 485 g/mol. The van der Waals surface area contributed by atoms with Gasteiger partial charge in [0.2, 0.25) is 5.91 Å². The van der Waals surface area contributed by atoms with Gasteiger partial charge < -0.3 is 10.1 Å². The number of halogens is 5. The van der Waals surface area contributed by atoms with E-state index in [-0.39, 0.29) is 24.3 Å². The fourth-order valence-electron chi connectivity index (χ4n) is 3.73. The average Bonchev–Trinajstić information content (AvgIpc) is 3.15. The number of carbonyl (C=O) groups excluding carboxylic acids is 2. The van der Waals surface area contributed by atoms with Gasteiger partial charge in [-0.05, 0) is 44.4 Å². The molecule has 2 unspecified atom stereocenters. The number of nitrogens with zero attached hydrogens (tertiary/aromatic N) is 2. The first-order chi connectivity index (χ1) is 15.7. The molecule has 1 aliphatic rings. The molecule has 34 heavy (non-hydrogen) atoms. The second kappa shape index (κ2) is 9.19. The molecule has 0 aliphatic carbocycles. The monoisotopic (exact) mass is 485 g/mol. The Morgan fingerprint density at radius 2 is 1.68 bits per heavy atom. The Morgan fingerprint density at radius 1 is 1.03 bits per heavy atom. The molecule has 1 aliphatic heterocycles. The van der Waals surface area contributed by atoms with E-state index in [2.05, 4.69) is 10.3 Å². The fourth-order valence-corrected chi connectivity index (χ4v) is 3.73. The van der Waals surface area contributed by atoms with Crippen molar-refractivity contribution in [1.82, 2.24) is 10.3 Å². The van der Waals surface area contributed by atoms with Crippen LogP contribution in [0.4, 0.5) is 32.6 Å². The number of alkyl carbamates (subject to hydrolysis) is 1. The van der Waals surface area contributed by atoms with Gasteiger partial charge in [-0.3, -0.25) is 9.69 Å². The molecule has 0 saturated heterocycles. The predicted octanol–water partition coefficient (Wildman–Crippen LogP) is 5.05. The number of hydrogen-bond donors (Lipinski definition) is 1. The fraction of sp³-hybridized carbons (Fsp3) is 0.435. The number of benzene rings is 1. The smallest absolute Gasteiger partial charge is 0.444 e. The molecular formula is C23H24F5N3O3. The zero-order valence-electron chi connectivity index (χ0n) is 18.7. The summed E-state index contributed by atoms with van der Waals surface area (Å²) in [5, 5.41) is 2.09. The molecule has 2 aromatic rings. The van der Waals surface area contributed by atoms with Crippen LogP contribution in [0.2, 0.25) is 0 Å². The third-order valence-corrected chi connectivity index (χ3v) is 5.19. The maximum Gasteiger partial charge on any atom is 0.454 e. The van der Waals surface area contributed by atoms with Crippen molar-refractivity contribution in [3.05, 3.63) is 59.8 Å². The summed E-state index contributed by atoms with van der Waals surface area (Å²) in [5.41, 5.74) is -0.632. The van der Waals surface area contributed by atoms with Crippen molar-refractivity contribution in [3.63, 3.8) is 0 Å². The topological polar surface area (TPSA) is 71.5 Å². The lowest BCUT2D eigenvalue weighted by Crippen LogP contribution is -2.56. The summed E-state index contributed by atoms with van der Waals surface area (Å²) in [6.45, 7) is 4.39. The van der Waals surface area contributed by atoms with E-state index in [0.29, 0.717) is 5.56 Å². The number of carbonyl (C=O) groups is 2. The van der Waals surface area contributed by atoms with Crippen molar-refractivity contribution in [3.8, 4) is 0 Å².